The Labute approximate surface area is 109 Å². The van der Waals surface area contributed by atoms with E-state index in [1.165, 1.54) is 12.1 Å². The fourth-order valence-corrected chi connectivity index (χ4v) is 2.14. The van der Waals surface area contributed by atoms with Gasteiger partial charge >= 0.3 is 5.97 Å². The molecule has 0 atom stereocenters. The van der Waals surface area contributed by atoms with Crippen LogP contribution < -0.4 is 5.73 Å². The van der Waals surface area contributed by atoms with Gasteiger partial charge in [-0.2, -0.15) is 0 Å². The Bertz CT molecular complexity index is 658. The van der Waals surface area contributed by atoms with Gasteiger partial charge in [-0.3, -0.25) is 4.79 Å². The van der Waals surface area contributed by atoms with Gasteiger partial charge < -0.3 is 15.4 Å². The molecule has 0 aliphatic heterocycles. The van der Waals surface area contributed by atoms with Crippen LogP contribution in [-0.4, -0.2) is 26.5 Å². The minimum absolute atomic E-state index is 0.180. The molecular formula is C13H15N3O3. The number of aromatic carboxylic acids is 1. The molecule has 2 aromatic rings. The van der Waals surface area contributed by atoms with E-state index in [0.29, 0.717) is 5.52 Å². The van der Waals surface area contributed by atoms with Gasteiger partial charge in [-0.05, 0) is 32.0 Å². The highest BCUT2D eigenvalue weighted by molar-refractivity contribution is 5.92. The van der Waals surface area contributed by atoms with E-state index in [0.717, 1.165) is 5.52 Å². The SMILES string of the molecule is CC(C)(CC(N)=O)n1cnc2cc(C(=O)O)ccc21. The van der Waals surface area contributed by atoms with Crippen molar-refractivity contribution >= 4 is 22.9 Å². The molecule has 1 heterocycles. The number of amides is 1. The van der Waals surface area contributed by atoms with Gasteiger partial charge in [-0.1, -0.05) is 0 Å². The summed E-state index contributed by atoms with van der Waals surface area (Å²) in [5.41, 5.74) is 6.27. The maximum Gasteiger partial charge on any atom is 0.335 e. The number of primary amides is 1. The number of carbonyl (C=O) groups excluding carboxylic acids is 1. The summed E-state index contributed by atoms with van der Waals surface area (Å²) in [4.78, 5) is 26.2. The van der Waals surface area contributed by atoms with Crippen LogP contribution in [0.1, 0.15) is 30.6 Å². The van der Waals surface area contributed by atoms with Crippen LogP contribution >= 0.6 is 0 Å². The van der Waals surface area contributed by atoms with Crippen molar-refractivity contribution in [1.82, 2.24) is 9.55 Å². The minimum atomic E-state index is -0.993. The lowest BCUT2D eigenvalue weighted by Crippen LogP contribution is -2.31. The number of hydrogen-bond acceptors (Lipinski definition) is 3. The molecule has 0 saturated heterocycles. The van der Waals surface area contributed by atoms with Crippen molar-refractivity contribution in [3.63, 3.8) is 0 Å². The third-order valence-corrected chi connectivity index (χ3v) is 3.05. The quantitative estimate of drug-likeness (QED) is 0.867. The Morgan fingerprint density at radius 2 is 2.11 bits per heavy atom. The first-order valence-electron chi connectivity index (χ1n) is 5.80. The molecule has 0 aliphatic carbocycles. The van der Waals surface area contributed by atoms with Crippen LogP contribution in [0, 0.1) is 0 Å². The van der Waals surface area contributed by atoms with Crippen LogP contribution in [0.5, 0.6) is 0 Å². The zero-order valence-electron chi connectivity index (χ0n) is 10.8. The van der Waals surface area contributed by atoms with E-state index in [4.69, 9.17) is 10.8 Å². The second-order valence-electron chi connectivity index (χ2n) is 5.08. The molecule has 0 spiro atoms. The fourth-order valence-electron chi connectivity index (χ4n) is 2.14. The molecule has 0 saturated carbocycles. The molecule has 1 aromatic heterocycles. The summed E-state index contributed by atoms with van der Waals surface area (Å²) in [5.74, 6) is -1.39. The molecule has 0 fully saturated rings. The van der Waals surface area contributed by atoms with Crippen molar-refractivity contribution in [2.45, 2.75) is 25.8 Å². The van der Waals surface area contributed by atoms with E-state index in [2.05, 4.69) is 4.98 Å². The number of benzene rings is 1. The molecule has 0 unspecified atom stereocenters. The van der Waals surface area contributed by atoms with Crippen LogP contribution in [0.2, 0.25) is 0 Å². The van der Waals surface area contributed by atoms with Crippen LogP contribution in [0.15, 0.2) is 24.5 Å². The Morgan fingerprint density at radius 3 is 2.68 bits per heavy atom. The monoisotopic (exact) mass is 261 g/mol. The van der Waals surface area contributed by atoms with Gasteiger partial charge in [0.2, 0.25) is 5.91 Å². The average Bonchev–Trinajstić information content (AvgIpc) is 2.70. The summed E-state index contributed by atoms with van der Waals surface area (Å²) in [7, 11) is 0. The highest BCUT2D eigenvalue weighted by atomic mass is 16.4. The number of carboxylic acids is 1. The maximum atomic E-state index is 11.1. The van der Waals surface area contributed by atoms with Gasteiger partial charge in [0.25, 0.3) is 0 Å². The zero-order chi connectivity index (χ0) is 14.2. The molecule has 1 amide bonds. The zero-order valence-corrected chi connectivity index (χ0v) is 10.8. The second-order valence-corrected chi connectivity index (χ2v) is 5.08. The lowest BCUT2D eigenvalue weighted by molar-refractivity contribution is -0.119. The van der Waals surface area contributed by atoms with Gasteiger partial charge in [0.1, 0.15) is 0 Å². The van der Waals surface area contributed by atoms with E-state index in [9.17, 15) is 9.59 Å². The predicted molar refractivity (Wildman–Crippen MR) is 69.8 cm³/mol. The van der Waals surface area contributed by atoms with E-state index in [1.807, 2.05) is 18.4 Å². The van der Waals surface area contributed by atoms with Crippen molar-refractivity contribution in [2.75, 3.05) is 0 Å². The molecule has 3 N–H and O–H groups in total. The van der Waals surface area contributed by atoms with E-state index >= 15 is 0 Å². The number of imidazole rings is 1. The molecule has 0 aliphatic rings. The molecule has 19 heavy (non-hydrogen) atoms. The first-order valence-corrected chi connectivity index (χ1v) is 5.80. The normalized spacial score (nSPS) is 11.7. The van der Waals surface area contributed by atoms with Crippen molar-refractivity contribution in [2.24, 2.45) is 5.73 Å². The standard InChI is InChI=1S/C13H15N3O3/c1-13(2,6-11(14)17)16-7-15-9-5-8(12(18)19)3-4-10(9)16/h3-5,7H,6H2,1-2H3,(H2,14,17)(H,18,19). The lowest BCUT2D eigenvalue weighted by Gasteiger charge is -2.25. The average molecular weight is 261 g/mol. The number of fused-ring (bicyclic) bond motifs is 1. The van der Waals surface area contributed by atoms with Crippen molar-refractivity contribution < 1.29 is 14.7 Å². The molecule has 0 radical (unpaired) electrons. The topological polar surface area (TPSA) is 98.2 Å². The number of aromatic nitrogens is 2. The Morgan fingerprint density at radius 1 is 1.42 bits per heavy atom. The summed E-state index contributed by atoms with van der Waals surface area (Å²) < 4.78 is 1.83. The maximum absolute atomic E-state index is 11.1. The van der Waals surface area contributed by atoms with Crippen LogP contribution in [0.4, 0.5) is 0 Å². The van der Waals surface area contributed by atoms with Gasteiger partial charge in [0, 0.05) is 12.0 Å². The Hall–Kier alpha value is -2.37. The first kappa shape index (κ1) is 13.1. The minimum Gasteiger partial charge on any atom is -0.478 e. The van der Waals surface area contributed by atoms with Gasteiger partial charge in [-0.25, -0.2) is 9.78 Å². The highest BCUT2D eigenvalue weighted by Crippen LogP contribution is 2.25. The third-order valence-electron chi connectivity index (χ3n) is 3.05. The number of hydrogen-bond donors (Lipinski definition) is 2. The summed E-state index contributed by atoms with van der Waals surface area (Å²) in [5, 5.41) is 8.93. The molecule has 2 rings (SSSR count). The summed E-state index contributed by atoms with van der Waals surface area (Å²) in [6, 6.07) is 4.71. The van der Waals surface area contributed by atoms with Gasteiger partial charge in [-0.15, -0.1) is 0 Å². The molecule has 100 valence electrons. The molecule has 1 aromatic carbocycles. The lowest BCUT2D eigenvalue weighted by atomic mass is 9.99. The van der Waals surface area contributed by atoms with Crippen LogP contribution in [-0.2, 0) is 10.3 Å². The fraction of sp³-hybridized carbons (Fsp3) is 0.308. The third kappa shape index (κ3) is 2.42. The first-order chi connectivity index (χ1) is 8.81. The number of nitrogens with zero attached hydrogens (tertiary/aromatic N) is 2. The van der Waals surface area contributed by atoms with E-state index < -0.39 is 17.4 Å². The molecule has 0 bridgehead atoms. The predicted octanol–water partition coefficient (Wildman–Crippen LogP) is 1.34. The molecule has 6 nitrogen and oxygen atoms in total. The molecular weight excluding hydrogens is 246 g/mol. The van der Waals surface area contributed by atoms with E-state index in [1.54, 1.807) is 12.4 Å². The number of rotatable bonds is 4. The highest BCUT2D eigenvalue weighted by Gasteiger charge is 2.24. The van der Waals surface area contributed by atoms with Crippen LogP contribution in [0.3, 0.4) is 0 Å². The van der Waals surface area contributed by atoms with Crippen LogP contribution in [0.25, 0.3) is 11.0 Å². The number of nitrogens with two attached hydrogens (primary N) is 1. The second kappa shape index (κ2) is 4.38. The summed E-state index contributed by atoms with van der Waals surface area (Å²) >= 11 is 0. The van der Waals surface area contributed by atoms with Crippen molar-refractivity contribution in [3.8, 4) is 0 Å². The number of carboxylic acid groups (broad SMARTS) is 1. The van der Waals surface area contributed by atoms with Crippen molar-refractivity contribution in [1.29, 1.82) is 0 Å². The Balaban J connectivity index is 2.52. The number of carbonyl (C=O) groups is 2. The smallest absolute Gasteiger partial charge is 0.335 e. The van der Waals surface area contributed by atoms with E-state index in [-0.39, 0.29) is 12.0 Å². The van der Waals surface area contributed by atoms with Gasteiger partial charge in [0.15, 0.2) is 0 Å². The largest absolute Gasteiger partial charge is 0.478 e. The van der Waals surface area contributed by atoms with Gasteiger partial charge in [0.05, 0.1) is 22.9 Å². The summed E-state index contributed by atoms with van der Waals surface area (Å²) in [6.45, 7) is 3.76. The Kier molecular flexibility index (Phi) is 3.01. The van der Waals surface area contributed by atoms with Crippen molar-refractivity contribution in [3.05, 3.63) is 30.1 Å². The molecule has 6 heteroatoms. The summed E-state index contributed by atoms with van der Waals surface area (Å²) in [6.07, 6.45) is 1.78.